The normalized spacial score (nSPS) is 14.8. The molecule has 0 saturated heterocycles. The average Bonchev–Trinajstić information content (AvgIpc) is 2.31. The molecular weight excluding hydrogens is 240 g/mol. The summed E-state index contributed by atoms with van der Waals surface area (Å²) in [5.41, 5.74) is -0.0819. The van der Waals surface area contributed by atoms with Crippen molar-refractivity contribution in [3.05, 3.63) is 35.4 Å². The van der Waals surface area contributed by atoms with Crippen molar-refractivity contribution >= 4 is 0 Å². The van der Waals surface area contributed by atoms with Crippen molar-refractivity contribution in [2.75, 3.05) is 13.1 Å². The lowest BCUT2D eigenvalue weighted by molar-refractivity contribution is 0.112. The molecule has 0 saturated carbocycles. The maximum Gasteiger partial charge on any atom is 0.129 e. The average molecular weight is 259 g/mol. The van der Waals surface area contributed by atoms with E-state index in [0.29, 0.717) is 6.54 Å². The predicted molar refractivity (Wildman–Crippen MR) is 65.0 cm³/mol. The van der Waals surface area contributed by atoms with Crippen molar-refractivity contribution in [2.24, 2.45) is 5.92 Å². The van der Waals surface area contributed by atoms with Gasteiger partial charge in [-0.25, -0.2) is 8.78 Å². The van der Waals surface area contributed by atoms with Crippen molar-refractivity contribution in [2.45, 2.75) is 26.1 Å². The van der Waals surface area contributed by atoms with Gasteiger partial charge in [-0.3, -0.25) is 0 Å². The molecule has 1 aromatic rings. The van der Waals surface area contributed by atoms with E-state index >= 15 is 0 Å². The van der Waals surface area contributed by atoms with Crippen LogP contribution < -0.4 is 5.32 Å². The third-order valence-electron chi connectivity index (χ3n) is 2.78. The fourth-order valence-corrected chi connectivity index (χ4v) is 1.48. The highest BCUT2D eigenvalue weighted by Gasteiger charge is 2.15. The Morgan fingerprint density at radius 3 is 2.44 bits per heavy atom. The number of nitrogens with one attached hydrogen (secondary N) is 1. The largest absolute Gasteiger partial charge is 0.392 e. The van der Waals surface area contributed by atoms with E-state index in [4.69, 9.17) is 0 Å². The second kappa shape index (κ2) is 6.78. The highest BCUT2D eigenvalue weighted by atomic mass is 19.1. The molecule has 1 rings (SSSR count). The van der Waals surface area contributed by atoms with Crippen LogP contribution in [0.25, 0.3) is 0 Å². The standard InChI is InChI=1S/C13H19F2NO2/c1-8(2)12(17)6-16-7-13(18)10-5-9(14)3-4-11(10)15/h3-5,8,12-13,16-18H,6-7H2,1-2H3. The van der Waals surface area contributed by atoms with Gasteiger partial charge in [0.15, 0.2) is 0 Å². The first-order chi connectivity index (χ1) is 8.41. The van der Waals surface area contributed by atoms with Crippen LogP contribution in [0.5, 0.6) is 0 Å². The molecule has 2 unspecified atom stereocenters. The molecular formula is C13H19F2NO2. The molecule has 1 aromatic carbocycles. The molecule has 5 heteroatoms. The van der Waals surface area contributed by atoms with E-state index in [0.717, 1.165) is 18.2 Å². The lowest BCUT2D eigenvalue weighted by atomic mass is 10.1. The maximum absolute atomic E-state index is 13.3. The van der Waals surface area contributed by atoms with E-state index in [1.54, 1.807) is 0 Å². The Kier molecular flexibility index (Phi) is 5.65. The molecule has 0 aliphatic heterocycles. The van der Waals surface area contributed by atoms with Crippen LogP contribution in [0.4, 0.5) is 8.78 Å². The molecule has 0 aromatic heterocycles. The van der Waals surface area contributed by atoms with Crippen LogP contribution >= 0.6 is 0 Å². The summed E-state index contributed by atoms with van der Waals surface area (Å²) in [4.78, 5) is 0. The Morgan fingerprint density at radius 2 is 1.83 bits per heavy atom. The summed E-state index contributed by atoms with van der Waals surface area (Å²) in [7, 11) is 0. The molecule has 18 heavy (non-hydrogen) atoms. The van der Waals surface area contributed by atoms with Crippen LogP contribution in [0.15, 0.2) is 18.2 Å². The first-order valence-corrected chi connectivity index (χ1v) is 5.93. The van der Waals surface area contributed by atoms with E-state index in [1.807, 2.05) is 13.8 Å². The van der Waals surface area contributed by atoms with Crippen LogP contribution in [-0.2, 0) is 0 Å². The lowest BCUT2D eigenvalue weighted by Crippen LogP contribution is -2.33. The minimum atomic E-state index is -1.14. The minimum absolute atomic E-state index is 0.0597. The van der Waals surface area contributed by atoms with Crippen LogP contribution in [0.3, 0.4) is 0 Å². The van der Waals surface area contributed by atoms with Crippen LogP contribution in [0.2, 0.25) is 0 Å². The fraction of sp³-hybridized carbons (Fsp3) is 0.538. The van der Waals surface area contributed by atoms with Gasteiger partial charge in [0.25, 0.3) is 0 Å². The number of rotatable bonds is 6. The van der Waals surface area contributed by atoms with Crippen LogP contribution in [0.1, 0.15) is 25.5 Å². The van der Waals surface area contributed by atoms with Gasteiger partial charge >= 0.3 is 0 Å². The van der Waals surface area contributed by atoms with Crippen molar-refractivity contribution in [3.63, 3.8) is 0 Å². The van der Waals surface area contributed by atoms with Crippen molar-refractivity contribution in [1.82, 2.24) is 5.32 Å². The van der Waals surface area contributed by atoms with Crippen LogP contribution in [0, 0.1) is 17.6 Å². The van der Waals surface area contributed by atoms with E-state index < -0.39 is 23.8 Å². The monoisotopic (exact) mass is 259 g/mol. The summed E-state index contributed by atoms with van der Waals surface area (Å²) >= 11 is 0. The second-order valence-corrected chi connectivity index (χ2v) is 4.65. The Morgan fingerprint density at radius 1 is 1.17 bits per heavy atom. The minimum Gasteiger partial charge on any atom is -0.392 e. The molecule has 0 spiro atoms. The molecule has 0 aliphatic carbocycles. The third-order valence-corrected chi connectivity index (χ3v) is 2.78. The highest BCUT2D eigenvalue weighted by Crippen LogP contribution is 2.17. The van der Waals surface area contributed by atoms with Crippen molar-refractivity contribution < 1.29 is 19.0 Å². The topological polar surface area (TPSA) is 52.5 Å². The number of halogens is 2. The van der Waals surface area contributed by atoms with E-state index in [9.17, 15) is 19.0 Å². The predicted octanol–water partition coefficient (Wildman–Crippen LogP) is 1.60. The fourth-order valence-electron chi connectivity index (χ4n) is 1.48. The van der Waals surface area contributed by atoms with Gasteiger partial charge < -0.3 is 15.5 Å². The molecule has 0 fully saturated rings. The quantitative estimate of drug-likeness (QED) is 0.727. The van der Waals surface area contributed by atoms with E-state index in [-0.39, 0.29) is 18.0 Å². The van der Waals surface area contributed by atoms with Crippen LogP contribution in [-0.4, -0.2) is 29.4 Å². The van der Waals surface area contributed by atoms with Gasteiger partial charge in [0.05, 0.1) is 12.2 Å². The first-order valence-electron chi connectivity index (χ1n) is 5.93. The number of aliphatic hydroxyl groups is 2. The molecule has 3 N–H and O–H groups in total. The Balaban J connectivity index is 2.50. The van der Waals surface area contributed by atoms with Gasteiger partial charge in [-0.05, 0) is 24.1 Å². The number of benzene rings is 1. The summed E-state index contributed by atoms with van der Waals surface area (Å²) in [6.07, 6.45) is -1.67. The van der Waals surface area contributed by atoms with E-state index in [2.05, 4.69) is 5.32 Å². The molecule has 0 bridgehead atoms. The Hall–Kier alpha value is -1.04. The van der Waals surface area contributed by atoms with Gasteiger partial charge in [0.1, 0.15) is 11.6 Å². The van der Waals surface area contributed by atoms with Gasteiger partial charge in [0.2, 0.25) is 0 Å². The number of hydrogen-bond donors (Lipinski definition) is 3. The Bertz CT molecular complexity index is 385. The number of hydrogen-bond acceptors (Lipinski definition) is 3. The smallest absolute Gasteiger partial charge is 0.129 e. The molecule has 102 valence electrons. The lowest BCUT2D eigenvalue weighted by Gasteiger charge is -2.17. The van der Waals surface area contributed by atoms with Gasteiger partial charge in [-0.15, -0.1) is 0 Å². The second-order valence-electron chi connectivity index (χ2n) is 4.65. The maximum atomic E-state index is 13.3. The van der Waals surface area contributed by atoms with Gasteiger partial charge in [-0.2, -0.15) is 0 Å². The summed E-state index contributed by atoms with van der Waals surface area (Å²) in [6, 6.07) is 2.96. The van der Waals surface area contributed by atoms with Gasteiger partial charge in [-0.1, -0.05) is 13.8 Å². The van der Waals surface area contributed by atoms with Crippen molar-refractivity contribution in [3.8, 4) is 0 Å². The molecule has 2 atom stereocenters. The zero-order chi connectivity index (χ0) is 13.7. The van der Waals surface area contributed by atoms with Gasteiger partial charge in [0, 0.05) is 18.7 Å². The summed E-state index contributed by atoms with van der Waals surface area (Å²) in [5.74, 6) is -1.14. The van der Waals surface area contributed by atoms with Crippen molar-refractivity contribution in [1.29, 1.82) is 0 Å². The highest BCUT2D eigenvalue weighted by molar-refractivity contribution is 5.21. The zero-order valence-corrected chi connectivity index (χ0v) is 10.5. The molecule has 0 amide bonds. The molecule has 0 aliphatic rings. The first kappa shape index (κ1) is 15.0. The third kappa shape index (κ3) is 4.33. The summed E-state index contributed by atoms with van der Waals surface area (Å²) in [6.45, 7) is 4.10. The van der Waals surface area contributed by atoms with E-state index in [1.165, 1.54) is 0 Å². The summed E-state index contributed by atoms with van der Waals surface area (Å²) in [5, 5.41) is 22.1. The zero-order valence-electron chi connectivity index (χ0n) is 10.5. The molecule has 3 nitrogen and oxygen atoms in total. The molecule has 0 heterocycles. The number of aliphatic hydroxyl groups excluding tert-OH is 2. The Labute approximate surface area is 105 Å². The molecule has 0 radical (unpaired) electrons. The summed E-state index contributed by atoms with van der Waals surface area (Å²) < 4.78 is 26.3. The SMILES string of the molecule is CC(C)C(O)CNCC(O)c1cc(F)ccc1F.